The predicted molar refractivity (Wildman–Crippen MR) is 120 cm³/mol. The molecule has 0 saturated carbocycles. The van der Waals surface area contributed by atoms with Crippen molar-refractivity contribution in [1.29, 1.82) is 0 Å². The number of methoxy groups -OCH3 is 1. The zero-order valence-electron chi connectivity index (χ0n) is 16.9. The molecule has 0 fully saturated rings. The highest BCUT2D eigenvalue weighted by molar-refractivity contribution is 6.04. The zero-order chi connectivity index (χ0) is 21.5. The van der Waals surface area contributed by atoms with Gasteiger partial charge in [0, 0.05) is 11.3 Å². The Balaban J connectivity index is 1.34. The second-order valence-electron chi connectivity index (χ2n) is 6.70. The summed E-state index contributed by atoms with van der Waals surface area (Å²) in [5, 5.41) is 2.88. The van der Waals surface area contributed by atoms with Crippen LogP contribution in [0.4, 0.5) is 5.69 Å². The van der Waals surface area contributed by atoms with Gasteiger partial charge in [-0.2, -0.15) is 0 Å². The molecule has 0 heterocycles. The van der Waals surface area contributed by atoms with Crippen LogP contribution in [0.2, 0.25) is 0 Å². The van der Waals surface area contributed by atoms with Gasteiger partial charge in [0.1, 0.15) is 28.7 Å². The minimum Gasteiger partial charge on any atom is -0.497 e. The molecule has 1 amide bonds. The summed E-state index contributed by atoms with van der Waals surface area (Å²) < 4.78 is 16.7. The number of benzene rings is 4. The standard InChI is InChI=1S/C26H21NO4/c1-29-21-15-17-25(18-16-21)31-23-11-7-19(8-12-23)26(28)27-20-9-13-24(14-10-20)30-22-5-3-2-4-6-22/h2-18H,1H3,(H,27,28). The predicted octanol–water partition coefficient (Wildman–Crippen LogP) is 6.53. The average Bonchev–Trinajstić information content (AvgIpc) is 2.82. The summed E-state index contributed by atoms with van der Waals surface area (Å²) in [5.74, 6) is 3.35. The summed E-state index contributed by atoms with van der Waals surface area (Å²) in [7, 11) is 1.62. The number of carbonyl (C=O) groups excluding carboxylic acids is 1. The molecule has 0 bridgehead atoms. The summed E-state index contributed by atoms with van der Waals surface area (Å²) in [6.07, 6.45) is 0. The van der Waals surface area contributed by atoms with Crippen LogP contribution in [0.15, 0.2) is 103 Å². The lowest BCUT2D eigenvalue weighted by Crippen LogP contribution is -2.11. The van der Waals surface area contributed by atoms with Crippen LogP contribution in [0.3, 0.4) is 0 Å². The third-order valence-corrected chi connectivity index (χ3v) is 4.50. The molecule has 0 aromatic heterocycles. The maximum atomic E-state index is 12.5. The maximum Gasteiger partial charge on any atom is 0.255 e. The number of ether oxygens (including phenoxy) is 3. The van der Waals surface area contributed by atoms with E-state index in [4.69, 9.17) is 14.2 Å². The topological polar surface area (TPSA) is 56.8 Å². The molecule has 5 heteroatoms. The molecule has 0 aliphatic heterocycles. The zero-order valence-corrected chi connectivity index (χ0v) is 16.9. The van der Waals surface area contributed by atoms with Crippen molar-refractivity contribution in [1.82, 2.24) is 0 Å². The van der Waals surface area contributed by atoms with E-state index < -0.39 is 0 Å². The molecule has 5 nitrogen and oxygen atoms in total. The highest BCUT2D eigenvalue weighted by atomic mass is 16.5. The molecule has 4 aromatic carbocycles. The number of anilines is 1. The molecule has 4 aromatic rings. The summed E-state index contributed by atoms with van der Waals surface area (Å²) >= 11 is 0. The molecule has 0 saturated heterocycles. The Morgan fingerprint density at radius 2 is 1.03 bits per heavy atom. The van der Waals surface area contributed by atoms with E-state index in [0.717, 1.165) is 11.5 Å². The van der Waals surface area contributed by atoms with Crippen LogP contribution in [0, 0.1) is 0 Å². The van der Waals surface area contributed by atoms with Crippen LogP contribution in [-0.4, -0.2) is 13.0 Å². The van der Waals surface area contributed by atoms with Crippen molar-refractivity contribution in [3.8, 4) is 28.7 Å². The first kappa shape index (κ1) is 20.0. The monoisotopic (exact) mass is 411 g/mol. The number of nitrogens with one attached hydrogen (secondary N) is 1. The van der Waals surface area contributed by atoms with Gasteiger partial charge >= 0.3 is 0 Å². The first-order chi connectivity index (χ1) is 15.2. The van der Waals surface area contributed by atoms with E-state index in [9.17, 15) is 4.79 Å². The van der Waals surface area contributed by atoms with E-state index in [2.05, 4.69) is 5.32 Å². The van der Waals surface area contributed by atoms with Gasteiger partial charge in [-0.3, -0.25) is 4.79 Å². The Bertz CT molecular complexity index is 1120. The van der Waals surface area contributed by atoms with Gasteiger partial charge in [-0.15, -0.1) is 0 Å². The van der Waals surface area contributed by atoms with Crippen LogP contribution >= 0.6 is 0 Å². The first-order valence-electron chi connectivity index (χ1n) is 9.76. The van der Waals surface area contributed by atoms with Crippen LogP contribution in [0.5, 0.6) is 28.7 Å². The van der Waals surface area contributed by atoms with Gasteiger partial charge in [0.2, 0.25) is 0 Å². The summed E-state index contributed by atoms with van der Waals surface area (Å²) in [6.45, 7) is 0. The lowest BCUT2D eigenvalue weighted by Gasteiger charge is -2.09. The Kier molecular flexibility index (Phi) is 6.14. The van der Waals surface area contributed by atoms with E-state index in [1.165, 1.54) is 0 Å². The van der Waals surface area contributed by atoms with E-state index in [-0.39, 0.29) is 5.91 Å². The Labute approximate surface area is 180 Å². The van der Waals surface area contributed by atoms with E-state index in [1.807, 2.05) is 66.7 Å². The van der Waals surface area contributed by atoms with Gasteiger partial charge in [-0.05, 0) is 84.9 Å². The molecular formula is C26H21NO4. The number of rotatable bonds is 7. The molecule has 0 aliphatic rings. The molecule has 31 heavy (non-hydrogen) atoms. The lowest BCUT2D eigenvalue weighted by molar-refractivity contribution is 0.102. The summed E-state index contributed by atoms with van der Waals surface area (Å²) in [5.41, 5.74) is 1.22. The largest absolute Gasteiger partial charge is 0.497 e. The Morgan fingerprint density at radius 1 is 0.581 bits per heavy atom. The minimum atomic E-state index is -0.201. The highest BCUT2D eigenvalue weighted by Gasteiger charge is 2.07. The van der Waals surface area contributed by atoms with Crippen LogP contribution in [-0.2, 0) is 0 Å². The third kappa shape index (κ3) is 5.42. The van der Waals surface area contributed by atoms with Gasteiger partial charge in [-0.25, -0.2) is 0 Å². The number of carbonyl (C=O) groups is 1. The van der Waals surface area contributed by atoms with Gasteiger partial charge in [0.25, 0.3) is 5.91 Å². The van der Waals surface area contributed by atoms with Crippen molar-refractivity contribution in [2.24, 2.45) is 0 Å². The minimum absolute atomic E-state index is 0.201. The fourth-order valence-electron chi connectivity index (χ4n) is 2.89. The highest BCUT2D eigenvalue weighted by Crippen LogP contribution is 2.25. The molecule has 0 radical (unpaired) electrons. The summed E-state index contributed by atoms with van der Waals surface area (Å²) in [4.78, 5) is 12.5. The smallest absolute Gasteiger partial charge is 0.255 e. The van der Waals surface area contributed by atoms with Crippen LogP contribution in [0.1, 0.15) is 10.4 Å². The van der Waals surface area contributed by atoms with Crippen molar-refractivity contribution >= 4 is 11.6 Å². The van der Waals surface area contributed by atoms with Gasteiger partial charge in [-0.1, -0.05) is 18.2 Å². The third-order valence-electron chi connectivity index (χ3n) is 4.50. The number of amides is 1. The van der Waals surface area contributed by atoms with Crippen molar-refractivity contribution in [3.63, 3.8) is 0 Å². The second-order valence-corrected chi connectivity index (χ2v) is 6.70. The molecule has 1 N–H and O–H groups in total. The van der Waals surface area contributed by atoms with Crippen molar-refractivity contribution in [2.75, 3.05) is 12.4 Å². The molecule has 154 valence electrons. The second kappa shape index (κ2) is 9.50. The van der Waals surface area contributed by atoms with E-state index in [1.54, 1.807) is 43.5 Å². The first-order valence-corrected chi connectivity index (χ1v) is 9.76. The molecule has 0 atom stereocenters. The van der Waals surface area contributed by atoms with Crippen molar-refractivity contribution in [3.05, 3.63) is 109 Å². The van der Waals surface area contributed by atoms with E-state index in [0.29, 0.717) is 28.5 Å². The quantitative estimate of drug-likeness (QED) is 0.375. The van der Waals surface area contributed by atoms with Gasteiger partial charge in [0.15, 0.2) is 0 Å². The molecule has 0 unspecified atom stereocenters. The van der Waals surface area contributed by atoms with Gasteiger partial charge in [0.05, 0.1) is 7.11 Å². The van der Waals surface area contributed by atoms with E-state index >= 15 is 0 Å². The molecule has 0 aliphatic carbocycles. The van der Waals surface area contributed by atoms with Crippen LogP contribution in [0.25, 0.3) is 0 Å². The molecule has 4 rings (SSSR count). The maximum absolute atomic E-state index is 12.5. The molecule has 0 spiro atoms. The molecular weight excluding hydrogens is 390 g/mol. The normalized spacial score (nSPS) is 10.2. The summed E-state index contributed by atoms with van der Waals surface area (Å²) in [6, 6.07) is 31.0. The number of para-hydroxylation sites is 1. The fraction of sp³-hybridized carbons (Fsp3) is 0.0385. The fourth-order valence-corrected chi connectivity index (χ4v) is 2.89. The Morgan fingerprint density at radius 3 is 1.58 bits per heavy atom. The Hall–Kier alpha value is -4.25. The number of hydrogen-bond donors (Lipinski definition) is 1. The lowest BCUT2D eigenvalue weighted by atomic mass is 10.2. The van der Waals surface area contributed by atoms with Gasteiger partial charge < -0.3 is 19.5 Å². The SMILES string of the molecule is COc1ccc(Oc2ccc(C(=O)Nc3ccc(Oc4ccccc4)cc3)cc2)cc1. The van der Waals surface area contributed by atoms with Crippen LogP contribution < -0.4 is 19.5 Å². The average molecular weight is 411 g/mol. The van der Waals surface area contributed by atoms with Crippen molar-refractivity contribution < 1.29 is 19.0 Å². The van der Waals surface area contributed by atoms with Crippen molar-refractivity contribution in [2.45, 2.75) is 0 Å². The number of hydrogen-bond acceptors (Lipinski definition) is 4.